The van der Waals surface area contributed by atoms with Crippen LogP contribution in [0.15, 0.2) is 36.4 Å². The SMILES string of the molecule is Cc1ccc(Cn2c(C(C)N)nc3cc4c(cc32)OCCO4)cc1. The van der Waals surface area contributed by atoms with Crippen LogP contribution in [0, 0.1) is 6.92 Å². The molecule has 5 heteroatoms. The third-order valence-corrected chi connectivity index (χ3v) is 4.31. The Bertz CT molecular complexity index is 882. The van der Waals surface area contributed by atoms with Crippen LogP contribution < -0.4 is 15.2 Å². The van der Waals surface area contributed by atoms with Gasteiger partial charge in [0.05, 0.1) is 17.1 Å². The number of aromatic nitrogens is 2. The highest BCUT2D eigenvalue weighted by molar-refractivity contribution is 5.81. The van der Waals surface area contributed by atoms with E-state index in [1.165, 1.54) is 11.1 Å². The van der Waals surface area contributed by atoms with Crippen molar-refractivity contribution in [2.75, 3.05) is 13.2 Å². The number of benzene rings is 2. The average molecular weight is 323 g/mol. The molecule has 1 aromatic heterocycles. The summed E-state index contributed by atoms with van der Waals surface area (Å²) in [6.45, 7) is 5.92. The van der Waals surface area contributed by atoms with Crippen LogP contribution in [0.2, 0.25) is 0 Å². The smallest absolute Gasteiger partial charge is 0.163 e. The molecule has 2 aromatic carbocycles. The summed E-state index contributed by atoms with van der Waals surface area (Å²) in [7, 11) is 0. The van der Waals surface area contributed by atoms with E-state index in [9.17, 15) is 0 Å². The maximum absolute atomic E-state index is 6.16. The molecule has 2 heterocycles. The minimum absolute atomic E-state index is 0.151. The standard InChI is InChI=1S/C19H21N3O2/c1-12-3-5-14(6-4-12)11-22-16-10-18-17(23-7-8-24-18)9-15(16)21-19(22)13(2)20/h3-6,9-10,13H,7-8,11,20H2,1-2H3. The zero-order valence-electron chi connectivity index (χ0n) is 14.0. The highest BCUT2D eigenvalue weighted by Gasteiger charge is 2.19. The Balaban J connectivity index is 1.84. The summed E-state index contributed by atoms with van der Waals surface area (Å²) in [6.07, 6.45) is 0. The largest absolute Gasteiger partial charge is 0.486 e. The van der Waals surface area contributed by atoms with E-state index < -0.39 is 0 Å². The Morgan fingerprint density at radius 1 is 1.12 bits per heavy atom. The van der Waals surface area contributed by atoms with Crippen molar-refractivity contribution < 1.29 is 9.47 Å². The van der Waals surface area contributed by atoms with Crippen LogP contribution in [-0.4, -0.2) is 22.8 Å². The van der Waals surface area contributed by atoms with Crippen LogP contribution in [0.25, 0.3) is 11.0 Å². The van der Waals surface area contributed by atoms with Gasteiger partial charge in [0.2, 0.25) is 0 Å². The highest BCUT2D eigenvalue weighted by atomic mass is 16.6. The Morgan fingerprint density at radius 2 is 1.79 bits per heavy atom. The Hall–Kier alpha value is -2.53. The summed E-state index contributed by atoms with van der Waals surface area (Å²) in [6, 6.07) is 12.3. The first-order valence-corrected chi connectivity index (χ1v) is 8.23. The van der Waals surface area contributed by atoms with Crippen molar-refractivity contribution in [3.8, 4) is 11.5 Å². The van der Waals surface area contributed by atoms with Crippen LogP contribution in [0.4, 0.5) is 0 Å². The first kappa shape index (κ1) is 15.0. The quantitative estimate of drug-likeness (QED) is 0.804. The highest BCUT2D eigenvalue weighted by Crippen LogP contribution is 2.35. The minimum Gasteiger partial charge on any atom is -0.486 e. The number of nitrogens with two attached hydrogens (primary N) is 1. The molecule has 1 unspecified atom stereocenters. The maximum atomic E-state index is 6.16. The molecule has 0 saturated carbocycles. The predicted molar refractivity (Wildman–Crippen MR) is 93.6 cm³/mol. The lowest BCUT2D eigenvalue weighted by molar-refractivity contribution is 0.172. The number of aryl methyl sites for hydroxylation is 1. The van der Waals surface area contributed by atoms with E-state index in [0.29, 0.717) is 13.2 Å². The van der Waals surface area contributed by atoms with E-state index in [4.69, 9.17) is 20.2 Å². The number of ether oxygens (including phenoxy) is 2. The summed E-state index contributed by atoms with van der Waals surface area (Å²) in [5.41, 5.74) is 10.5. The van der Waals surface area contributed by atoms with Crippen LogP contribution >= 0.6 is 0 Å². The fraction of sp³-hybridized carbons (Fsp3) is 0.316. The molecule has 0 radical (unpaired) electrons. The molecule has 124 valence electrons. The summed E-state index contributed by atoms with van der Waals surface area (Å²) < 4.78 is 13.6. The molecule has 0 spiro atoms. The molecule has 1 aliphatic heterocycles. The topological polar surface area (TPSA) is 62.3 Å². The Labute approximate surface area is 141 Å². The van der Waals surface area contributed by atoms with Gasteiger partial charge in [-0.3, -0.25) is 0 Å². The Kier molecular flexibility index (Phi) is 3.65. The lowest BCUT2D eigenvalue weighted by Gasteiger charge is -2.18. The van der Waals surface area contributed by atoms with E-state index in [1.807, 2.05) is 19.1 Å². The second kappa shape index (κ2) is 5.83. The van der Waals surface area contributed by atoms with E-state index in [0.717, 1.165) is 34.9 Å². The number of rotatable bonds is 3. The molecule has 2 N–H and O–H groups in total. The van der Waals surface area contributed by atoms with Gasteiger partial charge in [-0.05, 0) is 19.4 Å². The lowest BCUT2D eigenvalue weighted by Crippen LogP contribution is -2.15. The molecular weight excluding hydrogens is 302 g/mol. The molecule has 1 atom stereocenters. The van der Waals surface area contributed by atoms with Gasteiger partial charge in [-0.25, -0.2) is 4.98 Å². The number of fused-ring (bicyclic) bond motifs is 2. The second-order valence-electron chi connectivity index (χ2n) is 6.32. The fourth-order valence-corrected chi connectivity index (χ4v) is 3.07. The molecule has 0 aliphatic carbocycles. The van der Waals surface area contributed by atoms with E-state index in [-0.39, 0.29) is 6.04 Å². The average Bonchev–Trinajstić information content (AvgIpc) is 2.93. The van der Waals surface area contributed by atoms with Crippen LogP contribution in [0.5, 0.6) is 11.5 Å². The van der Waals surface area contributed by atoms with Crippen molar-refractivity contribution in [2.45, 2.75) is 26.4 Å². The van der Waals surface area contributed by atoms with Gasteiger partial charge in [-0.15, -0.1) is 0 Å². The third-order valence-electron chi connectivity index (χ3n) is 4.31. The van der Waals surface area contributed by atoms with E-state index in [2.05, 4.69) is 35.8 Å². The maximum Gasteiger partial charge on any atom is 0.163 e. The molecule has 3 aromatic rings. The first-order valence-electron chi connectivity index (χ1n) is 8.23. The molecule has 1 aliphatic rings. The van der Waals surface area contributed by atoms with E-state index >= 15 is 0 Å². The third kappa shape index (κ3) is 2.61. The van der Waals surface area contributed by atoms with Crippen molar-refractivity contribution in [2.24, 2.45) is 5.73 Å². The van der Waals surface area contributed by atoms with Gasteiger partial charge in [0.1, 0.15) is 19.0 Å². The van der Waals surface area contributed by atoms with Crippen molar-refractivity contribution in [1.82, 2.24) is 9.55 Å². The summed E-state index contributed by atoms with van der Waals surface area (Å²) >= 11 is 0. The van der Waals surface area contributed by atoms with Crippen LogP contribution in [-0.2, 0) is 6.54 Å². The van der Waals surface area contributed by atoms with Crippen LogP contribution in [0.3, 0.4) is 0 Å². The molecule has 5 nitrogen and oxygen atoms in total. The van der Waals surface area contributed by atoms with Gasteiger partial charge < -0.3 is 19.8 Å². The minimum atomic E-state index is -0.151. The lowest BCUT2D eigenvalue weighted by atomic mass is 10.1. The molecule has 0 amide bonds. The second-order valence-corrected chi connectivity index (χ2v) is 6.32. The summed E-state index contributed by atoms with van der Waals surface area (Å²) in [5, 5.41) is 0. The van der Waals surface area contributed by atoms with Crippen molar-refractivity contribution in [1.29, 1.82) is 0 Å². The van der Waals surface area contributed by atoms with Gasteiger partial charge >= 0.3 is 0 Å². The van der Waals surface area contributed by atoms with Gasteiger partial charge in [-0.2, -0.15) is 0 Å². The monoisotopic (exact) mass is 323 g/mol. The molecule has 24 heavy (non-hydrogen) atoms. The predicted octanol–water partition coefficient (Wildman–Crippen LogP) is 3.18. The van der Waals surface area contributed by atoms with Gasteiger partial charge in [-0.1, -0.05) is 29.8 Å². The summed E-state index contributed by atoms with van der Waals surface area (Å²) in [5.74, 6) is 2.40. The number of nitrogens with zero attached hydrogens (tertiary/aromatic N) is 2. The zero-order chi connectivity index (χ0) is 16.7. The van der Waals surface area contributed by atoms with Crippen molar-refractivity contribution >= 4 is 11.0 Å². The normalized spacial score (nSPS) is 14.8. The van der Waals surface area contributed by atoms with E-state index in [1.54, 1.807) is 0 Å². The van der Waals surface area contributed by atoms with Crippen molar-refractivity contribution in [3.05, 3.63) is 53.3 Å². The van der Waals surface area contributed by atoms with Crippen molar-refractivity contribution in [3.63, 3.8) is 0 Å². The molecule has 0 saturated heterocycles. The molecule has 4 rings (SSSR count). The van der Waals surface area contributed by atoms with Gasteiger partial charge in [0.15, 0.2) is 11.5 Å². The van der Waals surface area contributed by atoms with Gasteiger partial charge in [0, 0.05) is 18.7 Å². The first-order chi connectivity index (χ1) is 11.6. The fourth-order valence-electron chi connectivity index (χ4n) is 3.07. The number of imidazole rings is 1. The summed E-state index contributed by atoms with van der Waals surface area (Å²) in [4.78, 5) is 4.74. The number of hydrogen-bond donors (Lipinski definition) is 1. The molecule has 0 bridgehead atoms. The Morgan fingerprint density at radius 3 is 2.46 bits per heavy atom. The molecular formula is C19H21N3O2. The molecule has 0 fully saturated rings. The number of hydrogen-bond acceptors (Lipinski definition) is 4. The van der Waals surface area contributed by atoms with Crippen LogP contribution in [0.1, 0.15) is 29.9 Å². The van der Waals surface area contributed by atoms with Gasteiger partial charge in [0.25, 0.3) is 0 Å². The zero-order valence-corrected chi connectivity index (χ0v) is 14.0.